The molecule has 128 valence electrons. The minimum Gasteiger partial charge on any atom is -0.325 e. The average Bonchev–Trinajstić information content (AvgIpc) is 3.05. The fourth-order valence-electron chi connectivity index (χ4n) is 2.98. The molecule has 1 aliphatic rings. The summed E-state index contributed by atoms with van der Waals surface area (Å²) in [4.78, 5) is 20.9. The van der Waals surface area contributed by atoms with Crippen LogP contribution in [0.2, 0.25) is 0 Å². The highest BCUT2D eigenvalue weighted by Crippen LogP contribution is 2.24. The van der Waals surface area contributed by atoms with E-state index in [1.807, 2.05) is 6.92 Å². The predicted molar refractivity (Wildman–Crippen MR) is 92.0 cm³/mol. The third-order valence-corrected chi connectivity index (χ3v) is 6.14. The SMILES string of the molecule is CCCS(=O)(=O)N1CCC[C@@H]1C(=O)Nc1ccc2nccnc2c1. The molecular formula is C16H20N4O3S. The van der Waals surface area contributed by atoms with Gasteiger partial charge in [0.2, 0.25) is 15.9 Å². The number of nitrogens with zero attached hydrogens (tertiary/aromatic N) is 3. The zero-order chi connectivity index (χ0) is 17.2. The smallest absolute Gasteiger partial charge is 0.242 e. The lowest BCUT2D eigenvalue weighted by Crippen LogP contribution is -2.44. The van der Waals surface area contributed by atoms with Gasteiger partial charge in [-0.3, -0.25) is 14.8 Å². The van der Waals surface area contributed by atoms with Crippen molar-refractivity contribution in [2.24, 2.45) is 0 Å². The first kappa shape index (κ1) is 16.8. The Balaban J connectivity index is 1.77. The predicted octanol–water partition coefficient (Wildman–Crippen LogP) is 1.77. The van der Waals surface area contributed by atoms with Crippen LogP contribution in [0.4, 0.5) is 5.69 Å². The van der Waals surface area contributed by atoms with E-state index in [-0.39, 0.29) is 11.7 Å². The van der Waals surface area contributed by atoms with Crippen molar-refractivity contribution in [1.82, 2.24) is 14.3 Å². The molecule has 1 amide bonds. The highest BCUT2D eigenvalue weighted by molar-refractivity contribution is 7.89. The van der Waals surface area contributed by atoms with Gasteiger partial charge in [-0.15, -0.1) is 0 Å². The summed E-state index contributed by atoms with van der Waals surface area (Å²) in [5, 5.41) is 2.81. The second-order valence-corrected chi connectivity index (χ2v) is 7.87. The first-order chi connectivity index (χ1) is 11.5. The largest absolute Gasteiger partial charge is 0.325 e. The number of rotatable bonds is 5. The standard InChI is InChI=1S/C16H20N4O3S/c1-2-10-24(22,23)20-9-3-4-15(20)16(21)19-12-5-6-13-14(11-12)18-8-7-17-13/h5-8,11,15H,2-4,9-10H2,1H3,(H,19,21)/t15-/m1/s1. The minimum atomic E-state index is -3.38. The van der Waals surface area contributed by atoms with Crippen LogP contribution in [0.15, 0.2) is 30.6 Å². The second-order valence-electron chi connectivity index (χ2n) is 5.83. The number of sulfonamides is 1. The molecule has 0 bridgehead atoms. The first-order valence-electron chi connectivity index (χ1n) is 8.02. The van der Waals surface area contributed by atoms with Crippen molar-refractivity contribution >= 4 is 32.7 Å². The summed E-state index contributed by atoms with van der Waals surface area (Å²) in [6.45, 7) is 2.22. The summed E-state index contributed by atoms with van der Waals surface area (Å²) < 4.78 is 25.9. The Morgan fingerprint density at radius 2 is 2.04 bits per heavy atom. The molecule has 7 nitrogen and oxygen atoms in total. The number of nitrogens with one attached hydrogen (secondary N) is 1. The molecule has 1 atom stereocenters. The van der Waals surface area contributed by atoms with E-state index in [2.05, 4.69) is 15.3 Å². The molecule has 0 aliphatic carbocycles. The molecule has 0 unspecified atom stereocenters. The van der Waals surface area contributed by atoms with E-state index in [0.29, 0.717) is 37.0 Å². The molecule has 1 aromatic carbocycles. The molecule has 0 radical (unpaired) electrons. The number of benzene rings is 1. The van der Waals surface area contributed by atoms with Gasteiger partial charge in [-0.2, -0.15) is 4.31 Å². The topological polar surface area (TPSA) is 92.3 Å². The molecule has 8 heteroatoms. The molecule has 24 heavy (non-hydrogen) atoms. The fraction of sp³-hybridized carbons (Fsp3) is 0.438. The molecule has 1 N–H and O–H groups in total. The maximum atomic E-state index is 12.6. The zero-order valence-electron chi connectivity index (χ0n) is 13.5. The molecule has 1 fully saturated rings. The van der Waals surface area contributed by atoms with E-state index in [0.717, 1.165) is 5.52 Å². The van der Waals surface area contributed by atoms with Crippen LogP contribution in [0, 0.1) is 0 Å². The van der Waals surface area contributed by atoms with Gasteiger partial charge in [0.15, 0.2) is 0 Å². The Bertz CT molecular complexity index is 853. The van der Waals surface area contributed by atoms with Gasteiger partial charge in [-0.1, -0.05) is 6.92 Å². The molecule has 0 saturated carbocycles. The summed E-state index contributed by atoms with van der Waals surface area (Å²) in [5.74, 6) is -0.224. The maximum absolute atomic E-state index is 12.6. The first-order valence-corrected chi connectivity index (χ1v) is 9.63. The number of hydrogen-bond donors (Lipinski definition) is 1. The Kier molecular flexibility index (Phi) is 4.77. The Morgan fingerprint density at radius 3 is 2.79 bits per heavy atom. The van der Waals surface area contributed by atoms with Crippen molar-refractivity contribution in [3.05, 3.63) is 30.6 Å². The van der Waals surface area contributed by atoms with Crippen LogP contribution < -0.4 is 5.32 Å². The zero-order valence-corrected chi connectivity index (χ0v) is 14.3. The van der Waals surface area contributed by atoms with Crippen LogP contribution in [-0.4, -0.2) is 46.9 Å². The highest BCUT2D eigenvalue weighted by atomic mass is 32.2. The van der Waals surface area contributed by atoms with E-state index >= 15 is 0 Å². The van der Waals surface area contributed by atoms with Gasteiger partial charge < -0.3 is 5.32 Å². The van der Waals surface area contributed by atoms with Gasteiger partial charge in [0.1, 0.15) is 6.04 Å². The normalized spacial score (nSPS) is 18.8. The summed E-state index contributed by atoms with van der Waals surface area (Å²) in [7, 11) is -3.38. The summed E-state index contributed by atoms with van der Waals surface area (Å²) in [6, 6.07) is 4.62. The van der Waals surface area contributed by atoms with Crippen LogP contribution in [0.25, 0.3) is 11.0 Å². The molecular weight excluding hydrogens is 328 g/mol. The van der Waals surface area contributed by atoms with E-state index in [4.69, 9.17) is 0 Å². The van der Waals surface area contributed by atoms with Gasteiger partial charge in [0, 0.05) is 24.6 Å². The fourth-order valence-corrected chi connectivity index (χ4v) is 4.72. The Labute approximate surface area is 141 Å². The average molecular weight is 348 g/mol. The highest BCUT2D eigenvalue weighted by Gasteiger charge is 2.38. The van der Waals surface area contributed by atoms with Crippen molar-refractivity contribution in [3.8, 4) is 0 Å². The van der Waals surface area contributed by atoms with Crippen LogP contribution in [0.5, 0.6) is 0 Å². The van der Waals surface area contributed by atoms with Crippen molar-refractivity contribution in [1.29, 1.82) is 0 Å². The number of fused-ring (bicyclic) bond motifs is 1. The lowest BCUT2D eigenvalue weighted by molar-refractivity contribution is -0.119. The number of amides is 1. The summed E-state index contributed by atoms with van der Waals surface area (Å²) >= 11 is 0. The third kappa shape index (κ3) is 3.39. The van der Waals surface area contributed by atoms with Gasteiger partial charge in [-0.25, -0.2) is 8.42 Å². The Hall–Kier alpha value is -2.06. The Morgan fingerprint density at radius 1 is 1.29 bits per heavy atom. The molecule has 1 aromatic heterocycles. The van der Waals surface area contributed by atoms with Gasteiger partial charge in [0.25, 0.3) is 0 Å². The number of aromatic nitrogens is 2. The van der Waals surface area contributed by atoms with E-state index in [1.165, 1.54) is 4.31 Å². The number of hydrogen-bond acceptors (Lipinski definition) is 5. The van der Waals surface area contributed by atoms with Gasteiger partial charge >= 0.3 is 0 Å². The van der Waals surface area contributed by atoms with Gasteiger partial charge in [-0.05, 0) is 37.5 Å². The maximum Gasteiger partial charge on any atom is 0.242 e. The molecule has 2 aromatic rings. The van der Waals surface area contributed by atoms with Crippen LogP contribution in [0.1, 0.15) is 26.2 Å². The summed E-state index contributed by atoms with van der Waals surface area (Å²) in [5.41, 5.74) is 2.01. The number of carbonyl (C=O) groups excluding carboxylic acids is 1. The van der Waals surface area contributed by atoms with Crippen molar-refractivity contribution < 1.29 is 13.2 Å². The van der Waals surface area contributed by atoms with Crippen molar-refractivity contribution in [3.63, 3.8) is 0 Å². The van der Waals surface area contributed by atoms with Crippen LogP contribution in [-0.2, 0) is 14.8 Å². The van der Waals surface area contributed by atoms with Crippen LogP contribution >= 0.6 is 0 Å². The molecule has 1 aliphatic heterocycles. The van der Waals surface area contributed by atoms with Crippen molar-refractivity contribution in [2.45, 2.75) is 32.2 Å². The molecule has 0 spiro atoms. The van der Waals surface area contributed by atoms with E-state index in [9.17, 15) is 13.2 Å². The third-order valence-electron chi connectivity index (χ3n) is 4.06. The van der Waals surface area contributed by atoms with Crippen LogP contribution in [0.3, 0.4) is 0 Å². The second kappa shape index (κ2) is 6.82. The van der Waals surface area contributed by atoms with E-state index < -0.39 is 16.1 Å². The van der Waals surface area contributed by atoms with E-state index in [1.54, 1.807) is 30.6 Å². The quantitative estimate of drug-likeness (QED) is 0.889. The molecule has 1 saturated heterocycles. The summed E-state index contributed by atoms with van der Waals surface area (Å²) in [6.07, 6.45) is 4.97. The lowest BCUT2D eigenvalue weighted by atomic mass is 10.2. The van der Waals surface area contributed by atoms with Gasteiger partial charge in [0.05, 0.1) is 16.8 Å². The molecule has 2 heterocycles. The monoisotopic (exact) mass is 348 g/mol. The molecule has 3 rings (SSSR count). The lowest BCUT2D eigenvalue weighted by Gasteiger charge is -2.23. The minimum absolute atomic E-state index is 0.0718. The number of anilines is 1. The number of carbonyl (C=O) groups is 1. The van der Waals surface area contributed by atoms with Crippen molar-refractivity contribution in [2.75, 3.05) is 17.6 Å².